The minimum absolute atomic E-state index is 0.249. The van der Waals surface area contributed by atoms with Crippen LogP contribution in [0.25, 0.3) is 0 Å². The fraction of sp³-hybridized carbons (Fsp3) is 0.357. The summed E-state index contributed by atoms with van der Waals surface area (Å²) in [6, 6.07) is 5.12. The third kappa shape index (κ3) is 5.83. The smallest absolute Gasteiger partial charge is 0.326 e. The van der Waals surface area contributed by atoms with E-state index in [1.54, 1.807) is 0 Å². The number of thioether (sulfide) groups is 1. The molecule has 0 aliphatic heterocycles. The maximum Gasteiger partial charge on any atom is 0.326 e. The number of hydrogen-bond donors (Lipinski definition) is 2. The molecule has 0 heterocycles. The Morgan fingerprint density at radius 1 is 1.52 bits per heavy atom. The van der Waals surface area contributed by atoms with E-state index in [4.69, 9.17) is 10.4 Å². The van der Waals surface area contributed by atoms with Gasteiger partial charge in [-0.3, -0.25) is 4.79 Å². The van der Waals surface area contributed by atoms with Crippen LogP contribution >= 0.6 is 11.8 Å². The molecule has 0 aliphatic rings. The van der Waals surface area contributed by atoms with Crippen LogP contribution in [-0.2, 0) is 15.3 Å². The van der Waals surface area contributed by atoms with E-state index in [9.17, 15) is 14.0 Å². The monoisotopic (exact) mass is 310 g/mol. The first-order valence-electron chi connectivity index (χ1n) is 6.20. The molecule has 1 atom stereocenters. The zero-order valence-electron chi connectivity index (χ0n) is 11.4. The molecule has 1 aromatic rings. The highest BCUT2D eigenvalue weighted by Gasteiger charge is 2.17. The van der Waals surface area contributed by atoms with Crippen LogP contribution in [0.2, 0.25) is 0 Å². The molecule has 0 fully saturated rings. The third-order valence-electron chi connectivity index (χ3n) is 2.66. The Morgan fingerprint density at radius 3 is 2.81 bits per heavy atom. The number of carboxylic acid groups (broad SMARTS) is 1. The number of carboxylic acids is 1. The van der Waals surface area contributed by atoms with Crippen LogP contribution in [0.3, 0.4) is 0 Å². The van der Waals surface area contributed by atoms with Gasteiger partial charge in [-0.2, -0.15) is 17.0 Å². The number of hydrogen-bond acceptors (Lipinski definition) is 4. The maximum atomic E-state index is 13.5. The molecule has 5 nitrogen and oxygen atoms in total. The second-order valence-corrected chi connectivity index (χ2v) is 5.46. The highest BCUT2D eigenvalue weighted by molar-refractivity contribution is 7.98. The highest BCUT2D eigenvalue weighted by atomic mass is 32.2. The van der Waals surface area contributed by atoms with Gasteiger partial charge in [-0.1, -0.05) is 0 Å². The normalized spacial score (nSPS) is 11.5. The van der Waals surface area contributed by atoms with Crippen LogP contribution in [0.5, 0.6) is 0 Å². The van der Waals surface area contributed by atoms with Crippen molar-refractivity contribution in [1.82, 2.24) is 5.32 Å². The van der Waals surface area contributed by atoms with E-state index in [0.29, 0.717) is 22.6 Å². The van der Waals surface area contributed by atoms with Gasteiger partial charge in [0.05, 0.1) is 11.6 Å². The predicted molar refractivity (Wildman–Crippen MR) is 77.1 cm³/mol. The minimum Gasteiger partial charge on any atom is -0.480 e. The van der Waals surface area contributed by atoms with Crippen LogP contribution in [0.15, 0.2) is 18.2 Å². The molecule has 0 radical (unpaired) electrons. The lowest BCUT2D eigenvalue weighted by atomic mass is 10.1. The lowest BCUT2D eigenvalue weighted by Gasteiger charge is -2.12. The molecular formula is C14H15FN2O3S. The number of halogens is 1. The average Bonchev–Trinajstić information content (AvgIpc) is 2.43. The van der Waals surface area contributed by atoms with Gasteiger partial charge in [-0.05, 0) is 35.9 Å². The van der Waals surface area contributed by atoms with Crippen molar-refractivity contribution in [3.63, 3.8) is 0 Å². The van der Waals surface area contributed by atoms with Crippen LogP contribution in [0.4, 0.5) is 4.39 Å². The first-order chi connectivity index (χ1) is 9.93. The van der Waals surface area contributed by atoms with Gasteiger partial charge >= 0.3 is 5.97 Å². The van der Waals surface area contributed by atoms with Crippen molar-refractivity contribution in [3.05, 3.63) is 35.1 Å². The van der Waals surface area contributed by atoms with E-state index < -0.39 is 23.7 Å². The molecule has 1 aromatic carbocycles. The molecule has 0 aliphatic carbocycles. The van der Waals surface area contributed by atoms with Crippen molar-refractivity contribution in [1.29, 1.82) is 5.26 Å². The predicted octanol–water partition coefficient (Wildman–Crippen LogP) is 1.91. The van der Waals surface area contributed by atoms with E-state index in [2.05, 4.69) is 5.32 Å². The third-order valence-corrected chi connectivity index (χ3v) is 3.70. The number of aliphatic carboxylic acids is 1. The van der Waals surface area contributed by atoms with Gasteiger partial charge in [-0.15, -0.1) is 0 Å². The van der Waals surface area contributed by atoms with E-state index in [1.165, 1.54) is 36.9 Å². The summed E-state index contributed by atoms with van der Waals surface area (Å²) >= 11 is 1.35. The molecular weight excluding hydrogens is 295 g/mol. The van der Waals surface area contributed by atoms with Gasteiger partial charge in [0.15, 0.2) is 0 Å². The van der Waals surface area contributed by atoms with Crippen LogP contribution in [0.1, 0.15) is 24.5 Å². The standard InChI is InChI=1S/C14H15FN2O3S/c1-9(18)17-13(14(19)20)4-5-21-8-11-6-10(7-16)2-3-12(11)15/h2-3,6,13H,4-5,8H2,1H3,(H,17,18)(H,19,20). The van der Waals surface area contributed by atoms with Crippen molar-refractivity contribution in [2.45, 2.75) is 25.1 Å². The van der Waals surface area contributed by atoms with Crippen LogP contribution in [0, 0.1) is 17.1 Å². The molecule has 0 saturated heterocycles. The topological polar surface area (TPSA) is 90.2 Å². The maximum absolute atomic E-state index is 13.5. The summed E-state index contributed by atoms with van der Waals surface area (Å²) in [5.74, 6) is -1.09. The van der Waals surface area contributed by atoms with Gasteiger partial charge in [-0.25, -0.2) is 9.18 Å². The Labute approximate surface area is 126 Å². The molecule has 0 spiro atoms. The fourth-order valence-corrected chi connectivity index (χ4v) is 2.63. The summed E-state index contributed by atoms with van der Waals surface area (Å²) in [5.41, 5.74) is 0.791. The Hall–Kier alpha value is -2.07. The van der Waals surface area contributed by atoms with Gasteiger partial charge in [0, 0.05) is 12.7 Å². The van der Waals surface area contributed by atoms with Crippen molar-refractivity contribution in [2.75, 3.05) is 5.75 Å². The molecule has 21 heavy (non-hydrogen) atoms. The van der Waals surface area contributed by atoms with E-state index in [0.717, 1.165) is 0 Å². The molecule has 0 saturated carbocycles. The minimum atomic E-state index is -1.09. The number of nitriles is 1. The van der Waals surface area contributed by atoms with Crippen molar-refractivity contribution < 1.29 is 19.1 Å². The molecule has 0 bridgehead atoms. The molecule has 1 rings (SSSR count). The first kappa shape index (κ1) is 17.0. The molecule has 0 aromatic heterocycles. The number of rotatable bonds is 7. The number of benzene rings is 1. The Morgan fingerprint density at radius 2 is 2.24 bits per heavy atom. The number of nitrogens with zero attached hydrogens (tertiary/aromatic N) is 1. The van der Waals surface area contributed by atoms with Crippen molar-refractivity contribution in [3.8, 4) is 6.07 Å². The van der Waals surface area contributed by atoms with Crippen molar-refractivity contribution >= 4 is 23.6 Å². The lowest BCUT2D eigenvalue weighted by Crippen LogP contribution is -2.39. The van der Waals surface area contributed by atoms with E-state index in [-0.39, 0.29) is 6.42 Å². The largest absolute Gasteiger partial charge is 0.480 e. The summed E-state index contributed by atoms with van der Waals surface area (Å²) in [7, 11) is 0. The number of nitrogens with one attached hydrogen (secondary N) is 1. The number of carbonyl (C=O) groups excluding carboxylic acids is 1. The van der Waals surface area contributed by atoms with Crippen molar-refractivity contribution in [2.24, 2.45) is 0 Å². The molecule has 7 heteroatoms. The zero-order valence-corrected chi connectivity index (χ0v) is 12.2. The van der Waals surface area contributed by atoms with Gasteiger partial charge in [0.2, 0.25) is 5.91 Å². The zero-order chi connectivity index (χ0) is 15.8. The second kappa shape index (κ2) is 8.27. The average molecular weight is 310 g/mol. The molecule has 1 amide bonds. The fourth-order valence-electron chi connectivity index (χ4n) is 1.64. The molecule has 112 valence electrons. The van der Waals surface area contributed by atoms with Gasteiger partial charge in [0.1, 0.15) is 11.9 Å². The summed E-state index contributed by atoms with van der Waals surface area (Å²) in [5, 5.41) is 20.0. The molecule has 2 N–H and O–H groups in total. The van der Waals surface area contributed by atoms with E-state index in [1.807, 2.05) is 6.07 Å². The van der Waals surface area contributed by atoms with Gasteiger partial charge in [0.25, 0.3) is 0 Å². The summed E-state index contributed by atoms with van der Waals surface area (Å²) < 4.78 is 13.5. The number of amides is 1. The summed E-state index contributed by atoms with van der Waals surface area (Å²) in [6.07, 6.45) is 0.249. The highest BCUT2D eigenvalue weighted by Crippen LogP contribution is 2.18. The Kier molecular flexibility index (Phi) is 6.69. The number of carbonyl (C=O) groups is 2. The van der Waals surface area contributed by atoms with Crippen LogP contribution < -0.4 is 5.32 Å². The van der Waals surface area contributed by atoms with Gasteiger partial charge < -0.3 is 10.4 Å². The van der Waals surface area contributed by atoms with Crippen LogP contribution in [-0.4, -0.2) is 28.8 Å². The Bertz CT molecular complexity index is 572. The van der Waals surface area contributed by atoms with E-state index >= 15 is 0 Å². The first-order valence-corrected chi connectivity index (χ1v) is 7.35. The SMILES string of the molecule is CC(=O)NC(CCSCc1cc(C#N)ccc1F)C(=O)O. The Balaban J connectivity index is 2.48. The quantitative estimate of drug-likeness (QED) is 0.751. The lowest BCUT2D eigenvalue weighted by molar-refractivity contribution is -0.141. The second-order valence-electron chi connectivity index (χ2n) is 4.35. The molecule has 1 unspecified atom stereocenters. The summed E-state index contributed by atoms with van der Waals surface area (Å²) in [4.78, 5) is 21.8. The summed E-state index contributed by atoms with van der Waals surface area (Å²) in [6.45, 7) is 1.26.